The molecule has 0 aliphatic carbocycles. The third kappa shape index (κ3) is 40.0. The predicted octanol–water partition coefficient (Wildman–Crippen LogP) is 13.3. The highest BCUT2D eigenvalue weighted by molar-refractivity contribution is 7.53. The van der Waals surface area contributed by atoms with Gasteiger partial charge in [-0.3, -0.25) is 18.7 Å². The number of ether oxygens (including phenoxy) is 2. The molecule has 2 atom stereocenters. The Bertz CT molecular complexity index is 939. The number of allylic oxidation sites excluding steroid dienone is 4. The van der Waals surface area contributed by atoms with Gasteiger partial charge >= 0.3 is 19.5 Å². The number of carbonyl (C=O) groups excluding carboxylic acids is 2. The molecule has 8 nitrogen and oxygen atoms in total. The number of hydrogen-bond donors (Lipinski definition) is 0. The van der Waals surface area contributed by atoms with Gasteiger partial charge in [0.15, 0.2) is 0 Å². The number of esters is 2. The van der Waals surface area contributed by atoms with Crippen molar-refractivity contribution in [2.45, 2.75) is 206 Å². The van der Waals surface area contributed by atoms with Gasteiger partial charge in [0.25, 0.3) is 0 Å². The summed E-state index contributed by atoms with van der Waals surface area (Å²) in [4.78, 5) is 27.0. The highest BCUT2D eigenvalue weighted by Crippen LogP contribution is 2.45. The van der Waals surface area contributed by atoms with E-state index in [1.807, 2.05) is 19.0 Å². The van der Waals surface area contributed by atoms with E-state index >= 15 is 0 Å². The zero-order valence-corrected chi connectivity index (χ0v) is 36.2. The van der Waals surface area contributed by atoms with Crippen molar-refractivity contribution in [2.24, 2.45) is 0 Å². The van der Waals surface area contributed by atoms with Crippen LogP contribution in [0.3, 0.4) is 0 Å². The molecule has 0 aliphatic heterocycles. The average molecular weight is 770 g/mol. The van der Waals surface area contributed by atoms with Gasteiger partial charge < -0.3 is 18.9 Å². The molecule has 0 aliphatic rings. The van der Waals surface area contributed by atoms with Crippen LogP contribution in [0.25, 0.3) is 0 Å². The van der Waals surface area contributed by atoms with Crippen LogP contribution in [-0.2, 0) is 32.7 Å². The minimum Gasteiger partial charge on any atom is -0.465 e. The first-order valence-electron chi connectivity index (χ1n) is 21.9. The van der Waals surface area contributed by atoms with Crippen LogP contribution in [0.1, 0.15) is 200 Å². The molecule has 0 aromatic rings. The second-order valence-corrected chi connectivity index (χ2v) is 17.1. The maximum Gasteiger partial charge on any atom is 0.330 e. The average Bonchev–Trinajstić information content (AvgIpc) is 3.11. The summed E-state index contributed by atoms with van der Waals surface area (Å²) in [6, 6.07) is 0. The Morgan fingerprint density at radius 3 is 1.40 bits per heavy atom. The Labute approximate surface area is 327 Å². The van der Waals surface area contributed by atoms with Crippen molar-refractivity contribution in [1.29, 1.82) is 0 Å². The first-order chi connectivity index (χ1) is 25.7. The van der Waals surface area contributed by atoms with Crippen molar-refractivity contribution in [3.05, 3.63) is 24.3 Å². The molecule has 0 saturated heterocycles. The largest absolute Gasteiger partial charge is 0.465 e. The molecule has 0 amide bonds. The Morgan fingerprint density at radius 1 is 0.566 bits per heavy atom. The maximum atomic E-state index is 13.0. The highest BCUT2D eigenvalue weighted by Gasteiger charge is 2.26. The molecule has 2 unspecified atom stereocenters. The van der Waals surface area contributed by atoms with E-state index in [0.717, 1.165) is 57.8 Å². The van der Waals surface area contributed by atoms with Gasteiger partial charge in [0.05, 0.1) is 13.2 Å². The van der Waals surface area contributed by atoms with E-state index < -0.39 is 19.9 Å². The first-order valence-corrected chi connectivity index (χ1v) is 23.9. The fourth-order valence-corrected chi connectivity index (χ4v) is 7.04. The van der Waals surface area contributed by atoms with E-state index in [1.165, 1.54) is 116 Å². The molecule has 0 fully saturated rings. The molecule has 0 radical (unpaired) electrons. The smallest absolute Gasteiger partial charge is 0.330 e. The van der Waals surface area contributed by atoms with Gasteiger partial charge in [-0.1, -0.05) is 141 Å². The van der Waals surface area contributed by atoms with Crippen LogP contribution in [0.2, 0.25) is 0 Å². The highest BCUT2D eigenvalue weighted by atomic mass is 31.2. The van der Waals surface area contributed by atoms with Gasteiger partial charge in [0.1, 0.15) is 0 Å². The van der Waals surface area contributed by atoms with Gasteiger partial charge in [-0.15, -0.1) is 0 Å². The van der Waals surface area contributed by atoms with E-state index in [-0.39, 0.29) is 32.0 Å². The van der Waals surface area contributed by atoms with Crippen molar-refractivity contribution in [3.63, 3.8) is 0 Å². The summed E-state index contributed by atoms with van der Waals surface area (Å²) in [5.41, 5.74) is 0. The summed E-state index contributed by atoms with van der Waals surface area (Å²) in [6.45, 7) is 6.72. The minimum atomic E-state index is -3.49. The van der Waals surface area contributed by atoms with Crippen LogP contribution in [0, 0.1) is 0 Å². The molecule has 0 aromatic carbocycles. The molecule has 53 heavy (non-hydrogen) atoms. The van der Waals surface area contributed by atoms with Gasteiger partial charge in [0.2, 0.25) is 6.29 Å². The second-order valence-electron chi connectivity index (χ2n) is 15.1. The topological polar surface area (TPSA) is 91.4 Å². The number of hydrogen-bond acceptors (Lipinski definition) is 8. The summed E-state index contributed by atoms with van der Waals surface area (Å²) < 4.78 is 35.1. The molecule has 0 rings (SSSR count). The lowest BCUT2D eigenvalue weighted by Gasteiger charge is -2.23. The van der Waals surface area contributed by atoms with E-state index in [9.17, 15) is 14.2 Å². The summed E-state index contributed by atoms with van der Waals surface area (Å²) in [7, 11) is 0.309. The van der Waals surface area contributed by atoms with Crippen LogP contribution in [0.4, 0.5) is 0 Å². The molecule has 0 aromatic heterocycles. The zero-order valence-electron chi connectivity index (χ0n) is 35.3. The molecule has 0 N–H and O–H groups in total. The monoisotopic (exact) mass is 770 g/mol. The number of likely N-dealkylation sites (N-methyl/N-ethyl adjacent to an activating group) is 1. The third-order valence-electron chi connectivity index (χ3n) is 9.34. The molecule has 312 valence electrons. The summed E-state index contributed by atoms with van der Waals surface area (Å²) in [6.07, 6.45) is 40.0. The lowest BCUT2D eigenvalue weighted by molar-refractivity contribution is -0.167. The molecular weight excluding hydrogens is 685 g/mol. The Kier molecular flexibility index (Phi) is 37.7. The fourth-order valence-electron chi connectivity index (χ4n) is 5.99. The Morgan fingerprint density at radius 2 is 0.962 bits per heavy atom. The van der Waals surface area contributed by atoms with Crippen LogP contribution < -0.4 is 0 Å². The SMILES string of the molecule is CCCCCCCCC=CCCCCCCCC(=O)OCCC(OC(=O)CCCCCCCC=CCCCCCCCC)OP(C)(=O)OCCN(C)C. The van der Waals surface area contributed by atoms with E-state index in [4.69, 9.17) is 18.5 Å². The summed E-state index contributed by atoms with van der Waals surface area (Å²) in [5.74, 6) is -0.677. The fraction of sp³-hybridized carbons (Fsp3) is 0.864. The molecule has 0 spiro atoms. The number of unbranched alkanes of at least 4 members (excludes halogenated alkanes) is 22. The van der Waals surface area contributed by atoms with Crippen molar-refractivity contribution in [1.82, 2.24) is 4.90 Å². The lowest BCUT2D eigenvalue weighted by atomic mass is 10.1. The van der Waals surface area contributed by atoms with Crippen molar-refractivity contribution < 1.29 is 32.7 Å². The van der Waals surface area contributed by atoms with Gasteiger partial charge in [0, 0.05) is 32.5 Å². The second kappa shape index (κ2) is 38.8. The van der Waals surface area contributed by atoms with Crippen molar-refractivity contribution in [2.75, 3.05) is 40.5 Å². The zero-order chi connectivity index (χ0) is 39.1. The van der Waals surface area contributed by atoms with Gasteiger partial charge in [-0.25, -0.2) is 0 Å². The number of carbonyl (C=O) groups is 2. The van der Waals surface area contributed by atoms with Crippen LogP contribution >= 0.6 is 7.60 Å². The molecule has 9 heteroatoms. The summed E-state index contributed by atoms with van der Waals surface area (Å²) in [5, 5.41) is 0. The lowest BCUT2D eigenvalue weighted by Crippen LogP contribution is -2.24. The van der Waals surface area contributed by atoms with Crippen molar-refractivity contribution in [3.8, 4) is 0 Å². The predicted molar refractivity (Wildman–Crippen MR) is 223 cm³/mol. The minimum absolute atomic E-state index is 0.0208. The maximum absolute atomic E-state index is 13.0. The summed E-state index contributed by atoms with van der Waals surface area (Å²) >= 11 is 0. The number of nitrogens with zero attached hydrogens (tertiary/aromatic N) is 1. The third-order valence-corrected chi connectivity index (χ3v) is 10.6. The Hall–Kier alpha value is -1.47. The van der Waals surface area contributed by atoms with E-state index in [1.54, 1.807) is 0 Å². The normalized spacial score (nSPS) is 13.6. The standard InChI is InChI=1S/C44H84NO7P/c1-6-8-10-12-14-16-18-20-22-24-26-28-30-32-34-36-42(46)49-40-38-44(52-53(5,48)50-41-39-45(3)4)51-43(47)37-35-33-31-29-27-25-23-21-19-17-15-13-11-9-7-2/h20-23,44H,6-19,24-41H2,1-5H3. The van der Waals surface area contributed by atoms with Gasteiger partial charge in [-0.05, 0) is 78.3 Å². The molecule has 0 heterocycles. The van der Waals surface area contributed by atoms with E-state index in [2.05, 4.69) is 38.2 Å². The van der Waals surface area contributed by atoms with Crippen LogP contribution in [-0.4, -0.2) is 63.6 Å². The molecular formula is C44H84NO7P. The molecule has 0 bridgehead atoms. The van der Waals surface area contributed by atoms with Crippen molar-refractivity contribution >= 4 is 19.5 Å². The van der Waals surface area contributed by atoms with Crippen LogP contribution in [0.5, 0.6) is 0 Å². The van der Waals surface area contributed by atoms with Gasteiger partial charge in [-0.2, -0.15) is 0 Å². The molecule has 0 saturated carbocycles. The quantitative estimate of drug-likeness (QED) is 0.0200. The van der Waals surface area contributed by atoms with Crippen LogP contribution in [0.15, 0.2) is 24.3 Å². The number of rotatable bonds is 40. The van der Waals surface area contributed by atoms with E-state index in [0.29, 0.717) is 13.0 Å². The first kappa shape index (κ1) is 51.5. The Balaban J connectivity index is 4.26.